The lowest BCUT2D eigenvalue weighted by Crippen LogP contribution is -2.35. The fourth-order valence-corrected chi connectivity index (χ4v) is 2.07. The van der Waals surface area contributed by atoms with Crippen molar-refractivity contribution in [3.63, 3.8) is 0 Å². The first-order chi connectivity index (χ1) is 10.6. The zero-order chi connectivity index (χ0) is 15.8. The number of halogens is 1. The summed E-state index contributed by atoms with van der Waals surface area (Å²) in [4.78, 5) is 23.3. The molecular formula is C16H15BrN2O3. The van der Waals surface area contributed by atoms with E-state index in [4.69, 9.17) is 4.74 Å². The van der Waals surface area contributed by atoms with E-state index in [2.05, 4.69) is 26.6 Å². The zero-order valence-corrected chi connectivity index (χ0v) is 13.3. The molecule has 0 bridgehead atoms. The second-order valence-electron chi connectivity index (χ2n) is 4.44. The molecule has 0 saturated carbocycles. The highest BCUT2D eigenvalue weighted by molar-refractivity contribution is 9.10. The van der Waals surface area contributed by atoms with Crippen LogP contribution >= 0.6 is 15.9 Å². The molecule has 0 fully saturated rings. The molecule has 2 aromatic carbocycles. The quantitative estimate of drug-likeness (QED) is 0.829. The number of carbonyl (C=O) groups is 2. The van der Waals surface area contributed by atoms with Gasteiger partial charge in [-0.1, -0.05) is 40.2 Å². The summed E-state index contributed by atoms with van der Waals surface area (Å²) in [6.07, 6.45) is 0. The van der Waals surface area contributed by atoms with Crippen molar-refractivity contribution in [1.82, 2.24) is 5.32 Å². The van der Waals surface area contributed by atoms with Crippen molar-refractivity contribution in [2.45, 2.75) is 0 Å². The van der Waals surface area contributed by atoms with Gasteiger partial charge in [-0.3, -0.25) is 9.59 Å². The number of nitrogens with one attached hydrogen (secondary N) is 2. The van der Waals surface area contributed by atoms with Crippen LogP contribution in [0.15, 0.2) is 59.1 Å². The fourth-order valence-electron chi connectivity index (χ4n) is 1.67. The molecule has 0 aromatic heterocycles. The number of hydrogen-bond acceptors (Lipinski definition) is 3. The van der Waals surface area contributed by atoms with E-state index in [9.17, 15) is 9.59 Å². The maximum atomic E-state index is 11.7. The molecule has 2 aromatic rings. The summed E-state index contributed by atoms with van der Waals surface area (Å²) < 4.78 is 6.15. The van der Waals surface area contributed by atoms with Crippen molar-refractivity contribution in [2.75, 3.05) is 18.5 Å². The predicted octanol–water partition coefficient (Wildman–Crippen LogP) is 2.58. The van der Waals surface area contributed by atoms with Gasteiger partial charge in [0.1, 0.15) is 5.75 Å². The maximum Gasteiger partial charge on any atom is 0.258 e. The van der Waals surface area contributed by atoms with Crippen LogP contribution in [0.5, 0.6) is 5.75 Å². The van der Waals surface area contributed by atoms with Crippen LogP contribution in [0.1, 0.15) is 0 Å². The molecule has 0 unspecified atom stereocenters. The molecule has 0 aliphatic carbocycles. The monoisotopic (exact) mass is 362 g/mol. The third-order valence-corrected chi connectivity index (χ3v) is 3.16. The van der Waals surface area contributed by atoms with Gasteiger partial charge < -0.3 is 15.4 Å². The Bertz CT molecular complexity index is 647. The van der Waals surface area contributed by atoms with Gasteiger partial charge in [0.05, 0.1) is 6.54 Å². The molecule has 6 heteroatoms. The normalized spacial score (nSPS) is 9.86. The molecule has 2 amide bonds. The van der Waals surface area contributed by atoms with Crippen molar-refractivity contribution in [1.29, 1.82) is 0 Å². The van der Waals surface area contributed by atoms with Gasteiger partial charge >= 0.3 is 0 Å². The van der Waals surface area contributed by atoms with Gasteiger partial charge in [0, 0.05) is 10.2 Å². The topological polar surface area (TPSA) is 67.4 Å². The highest BCUT2D eigenvalue weighted by Crippen LogP contribution is 2.15. The van der Waals surface area contributed by atoms with Gasteiger partial charge in [0.2, 0.25) is 5.91 Å². The fraction of sp³-hybridized carbons (Fsp3) is 0.125. The highest BCUT2D eigenvalue weighted by atomic mass is 79.9. The summed E-state index contributed by atoms with van der Waals surface area (Å²) in [7, 11) is 0. The number of para-hydroxylation sites is 1. The first kappa shape index (κ1) is 16.0. The van der Waals surface area contributed by atoms with Crippen LogP contribution in [0.4, 0.5) is 5.69 Å². The number of ether oxygens (including phenoxy) is 1. The van der Waals surface area contributed by atoms with Gasteiger partial charge in [0.15, 0.2) is 6.61 Å². The van der Waals surface area contributed by atoms with E-state index in [1.807, 2.05) is 30.3 Å². The second kappa shape index (κ2) is 8.19. The van der Waals surface area contributed by atoms with E-state index >= 15 is 0 Å². The van der Waals surface area contributed by atoms with Crippen LogP contribution in [-0.4, -0.2) is 25.0 Å². The van der Waals surface area contributed by atoms with Crippen LogP contribution < -0.4 is 15.4 Å². The minimum Gasteiger partial charge on any atom is -0.484 e. The Balaban J connectivity index is 1.70. The van der Waals surface area contributed by atoms with Crippen molar-refractivity contribution >= 4 is 33.4 Å². The van der Waals surface area contributed by atoms with Crippen LogP contribution in [0.3, 0.4) is 0 Å². The van der Waals surface area contributed by atoms with Crippen molar-refractivity contribution < 1.29 is 14.3 Å². The molecule has 0 atom stereocenters. The molecule has 114 valence electrons. The molecule has 0 aliphatic rings. The lowest BCUT2D eigenvalue weighted by atomic mass is 10.3. The van der Waals surface area contributed by atoms with Gasteiger partial charge in [-0.05, 0) is 30.3 Å². The van der Waals surface area contributed by atoms with Gasteiger partial charge in [-0.25, -0.2) is 0 Å². The summed E-state index contributed by atoms with van der Waals surface area (Å²) in [6.45, 7) is -0.238. The molecule has 0 spiro atoms. The Morgan fingerprint density at radius 2 is 1.77 bits per heavy atom. The standard InChI is InChI=1S/C16H15BrN2O3/c17-12-5-4-6-13(9-12)19-15(20)10-18-16(21)11-22-14-7-2-1-3-8-14/h1-9H,10-11H2,(H,18,21)(H,19,20). The Labute approximate surface area is 136 Å². The van der Waals surface area contributed by atoms with E-state index in [0.717, 1.165) is 4.47 Å². The average Bonchev–Trinajstić information content (AvgIpc) is 2.52. The third kappa shape index (κ3) is 5.57. The second-order valence-corrected chi connectivity index (χ2v) is 5.35. The minimum atomic E-state index is -0.353. The number of carbonyl (C=O) groups excluding carboxylic acids is 2. The maximum absolute atomic E-state index is 11.7. The summed E-state index contributed by atoms with van der Waals surface area (Å²) in [5.74, 6) is -0.0457. The average molecular weight is 363 g/mol. The molecular weight excluding hydrogens is 348 g/mol. The van der Waals surface area contributed by atoms with Gasteiger partial charge in [-0.2, -0.15) is 0 Å². The van der Waals surface area contributed by atoms with Crippen LogP contribution in [0, 0.1) is 0 Å². The molecule has 0 saturated heterocycles. The number of rotatable bonds is 6. The van der Waals surface area contributed by atoms with Crippen molar-refractivity contribution in [2.24, 2.45) is 0 Å². The summed E-state index contributed by atoms with van der Waals surface area (Å²) in [6, 6.07) is 16.2. The molecule has 2 rings (SSSR count). The van der Waals surface area contributed by atoms with Crippen LogP contribution in [-0.2, 0) is 9.59 Å². The number of hydrogen-bond donors (Lipinski definition) is 2. The molecule has 0 aliphatic heterocycles. The van der Waals surface area contributed by atoms with E-state index in [-0.39, 0.29) is 25.0 Å². The number of anilines is 1. The smallest absolute Gasteiger partial charge is 0.258 e. The van der Waals surface area contributed by atoms with E-state index in [0.29, 0.717) is 11.4 Å². The lowest BCUT2D eigenvalue weighted by molar-refractivity contribution is -0.125. The SMILES string of the molecule is O=C(COc1ccccc1)NCC(=O)Nc1cccc(Br)c1. The summed E-state index contributed by atoms with van der Waals surface area (Å²) in [5.41, 5.74) is 0.661. The Hall–Kier alpha value is -2.34. The van der Waals surface area contributed by atoms with Crippen molar-refractivity contribution in [3.8, 4) is 5.75 Å². The van der Waals surface area contributed by atoms with E-state index in [1.54, 1.807) is 24.3 Å². The highest BCUT2D eigenvalue weighted by Gasteiger charge is 2.07. The lowest BCUT2D eigenvalue weighted by Gasteiger charge is -2.08. The van der Waals surface area contributed by atoms with E-state index in [1.165, 1.54) is 0 Å². The molecule has 5 nitrogen and oxygen atoms in total. The van der Waals surface area contributed by atoms with Crippen LogP contribution in [0.2, 0.25) is 0 Å². The van der Waals surface area contributed by atoms with Crippen molar-refractivity contribution in [3.05, 3.63) is 59.1 Å². The molecule has 22 heavy (non-hydrogen) atoms. The number of benzene rings is 2. The van der Waals surface area contributed by atoms with Gasteiger partial charge in [-0.15, -0.1) is 0 Å². The zero-order valence-electron chi connectivity index (χ0n) is 11.7. The first-order valence-electron chi connectivity index (χ1n) is 6.63. The summed E-state index contributed by atoms with van der Waals surface area (Å²) >= 11 is 3.32. The largest absolute Gasteiger partial charge is 0.484 e. The molecule has 2 N–H and O–H groups in total. The first-order valence-corrected chi connectivity index (χ1v) is 7.43. The Morgan fingerprint density at radius 3 is 2.50 bits per heavy atom. The Morgan fingerprint density at radius 1 is 1.00 bits per heavy atom. The minimum absolute atomic E-state index is 0.108. The van der Waals surface area contributed by atoms with E-state index < -0.39 is 0 Å². The number of amides is 2. The van der Waals surface area contributed by atoms with Gasteiger partial charge in [0.25, 0.3) is 5.91 Å². The summed E-state index contributed by atoms with van der Waals surface area (Å²) in [5, 5.41) is 5.19. The third-order valence-electron chi connectivity index (χ3n) is 2.67. The molecule has 0 heterocycles. The van der Waals surface area contributed by atoms with Crippen LogP contribution in [0.25, 0.3) is 0 Å². The predicted molar refractivity (Wildman–Crippen MR) is 87.7 cm³/mol. The molecule has 0 radical (unpaired) electrons. The Kier molecular flexibility index (Phi) is 5.97.